The Labute approximate surface area is 130 Å². The Kier molecular flexibility index (Phi) is 3.65. The van der Waals surface area contributed by atoms with E-state index in [2.05, 4.69) is 5.32 Å². The normalized spacial score (nSPS) is 20.5. The van der Waals surface area contributed by atoms with Crippen molar-refractivity contribution in [2.24, 2.45) is 7.05 Å². The van der Waals surface area contributed by atoms with Crippen LogP contribution >= 0.6 is 11.8 Å². The molecule has 2 aliphatic heterocycles. The smallest absolute Gasteiger partial charge is 0.352 e. The lowest BCUT2D eigenvalue weighted by atomic mass is 10.1. The molecule has 0 saturated carbocycles. The molecule has 9 heteroatoms. The zero-order valence-corrected chi connectivity index (χ0v) is 12.7. The summed E-state index contributed by atoms with van der Waals surface area (Å²) >= 11 is 1.58. The van der Waals surface area contributed by atoms with Crippen LogP contribution in [0, 0.1) is 0 Å². The van der Waals surface area contributed by atoms with Gasteiger partial charge in [-0.05, 0) is 0 Å². The van der Waals surface area contributed by atoms with Crippen molar-refractivity contribution < 1.29 is 24.2 Å². The molecule has 1 atom stereocenters. The molecule has 1 fully saturated rings. The topological polar surface area (TPSA) is 95.5 Å². The van der Waals surface area contributed by atoms with Crippen LogP contribution in [0.3, 0.4) is 0 Å². The van der Waals surface area contributed by atoms with Crippen LogP contribution in [0.25, 0.3) is 0 Å². The summed E-state index contributed by atoms with van der Waals surface area (Å²) in [6.07, 6.45) is 2.74. The van der Waals surface area contributed by atoms with E-state index in [1.54, 1.807) is 40.4 Å². The fourth-order valence-electron chi connectivity index (χ4n) is 2.66. The molecule has 3 rings (SSSR count). The maximum Gasteiger partial charge on any atom is 0.352 e. The molecule has 2 N–H and O–H groups in total. The van der Waals surface area contributed by atoms with Gasteiger partial charge < -0.3 is 10.4 Å². The minimum atomic E-state index is -1.07. The molecular weight excluding hydrogens is 308 g/mol. The average molecular weight is 323 g/mol. The molecule has 1 aromatic rings. The number of carboxylic acid groups (broad SMARTS) is 1. The molecule has 2 amide bonds. The molecule has 1 aromatic heterocycles. The first-order chi connectivity index (χ1) is 10.5. The van der Waals surface area contributed by atoms with Crippen molar-refractivity contribution in [1.29, 1.82) is 0 Å². The van der Waals surface area contributed by atoms with Crippen LogP contribution in [-0.4, -0.2) is 44.1 Å². The second-order valence-corrected chi connectivity index (χ2v) is 6.24. The average Bonchev–Trinajstić information content (AvgIpc) is 2.80. The zero-order valence-electron chi connectivity index (χ0n) is 11.9. The first kappa shape index (κ1) is 14.6. The third kappa shape index (κ3) is 2.27. The van der Waals surface area contributed by atoms with Gasteiger partial charge in [0.1, 0.15) is 5.70 Å². The number of aromatic nitrogens is 2. The van der Waals surface area contributed by atoms with E-state index in [9.17, 15) is 19.5 Å². The molecule has 0 spiro atoms. The van der Waals surface area contributed by atoms with E-state index in [4.69, 9.17) is 0 Å². The number of nitrogens with zero attached hydrogens (tertiary/aromatic N) is 3. The number of carbonyl (C=O) groups is 3. The number of nitrogens with one attached hydrogen (secondary N) is 1. The Morgan fingerprint density at radius 2 is 2.41 bits per heavy atom. The summed E-state index contributed by atoms with van der Waals surface area (Å²) in [7, 11) is 1.76. The van der Waals surface area contributed by atoms with Crippen LogP contribution in [0.5, 0.6) is 0 Å². The second-order valence-electron chi connectivity index (χ2n) is 5.08. The highest BCUT2D eigenvalue weighted by Crippen LogP contribution is 2.39. The summed E-state index contributed by atoms with van der Waals surface area (Å²) in [6, 6.07) is 1.73. The number of thioether (sulfide) groups is 1. The Balaban J connectivity index is 1.92. The van der Waals surface area contributed by atoms with E-state index in [1.807, 2.05) is 0 Å². The standard InChI is InChI=1S/C13H14N4O4S/c1-15-9(14-7-18)2-3-16(15)5-8-6-22-11-4-10(19)17(11)12(8)13(20)21/h2-3,7,11H,4-6H2,1H3,(H,20,21)/p+1/t11-/m1/s1. The summed E-state index contributed by atoms with van der Waals surface area (Å²) in [6.45, 7) is 0.349. The van der Waals surface area contributed by atoms with Gasteiger partial charge in [-0.15, -0.1) is 21.1 Å². The minimum Gasteiger partial charge on any atom is -0.477 e. The Bertz CT molecular complexity index is 696. The van der Waals surface area contributed by atoms with Gasteiger partial charge in [0.25, 0.3) is 0 Å². The largest absolute Gasteiger partial charge is 0.477 e. The van der Waals surface area contributed by atoms with Crippen LogP contribution in [-0.2, 0) is 28.0 Å². The van der Waals surface area contributed by atoms with Gasteiger partial charge >= 0.3 is 5.97 Å². The van der Waals surface area contributed by atoms with Crippen LogP contribution in [0.4, 0.5) is 5.82 Å². The summed E-state index contributed by atoms with van der Waals surface area (Å²) in [4.78, 5) is 35.1. The lowest BCUT2D eigenvalue weighted by Gasteiger charge is -2.43. The molecule has 1 saturated heterocycles. The van der Waals surface area contributed by atoms with Crippen molar-refractivity contribution in [1.82, 2.24) is 9.58 Å². The molecule has 0 unspecified atom stereocenters. The van der Waals surface area contributed by atoms with Crippen molar-refractivity contribution in [3.05, 3.63) is 23.5 Å². The summed E-state index contributed by atoms with van der Waals surface area (Å²) in [5.74, 6) is -0.0411. The van der Waals surface area contributed by atoms with Gasteiger partial charge in [0.2, 0.25) is 12.3 Å². The molecule has 116 valence electrons. The lowest BCUT2D eigenvalue weighted by Crippen LogP contribution is -2.55. The van der Waals surface area contributed by atoms with E-state index in [0.717, 1.165) is 0 Å². The van der Waals surface area contributed by atoms with Crippen molar-refractivity contribution >= 4 is 35.9 Å². The van der Waals surface area contributed by atoms with E-state index in [1.165, 1.54) is 4.90 Å². The second kappa shape index (κ2) is 5.48. The van der Waals surface area contributed by atoms with Gasteiger partial charge in [-0.1, -0.05) is 0 Å². The van der Waals surface area contributed by atoms with Gasteiger partial charge in [-0.2, -0.15) is 0 Å². The number of carboxylic acids is 1. The maximum absolute atomic E-state index is 11.7. The predicted octanol–water partition coefficient (Wildman–Crippen LogP) is -0.475. The molecule has 8 nitrogen and oxygen atoms in total. The highest BCUT2D eigenvalue weighted by atomic mass is 32.2. The highest BCUT2D eigenvalue weighted by molar-refractivity contribution is 8.00. The van der Waals surface area contributed by atoms with Crippen LogP contribution in [0.2, 0.25) is 0 Å². The SMILES string of the molecule is Cn1c(NC=O)cc[n+]1CC1=C(C(=O)O)N2C(=O)C[C@H]2SC1. The number of hydrogen-bond donors (Lipinski definition) is 2. The van der Waals surface area contributed by atoms with Crippen molar-refractivity contribution in [2.75, 3.05) is 11.1 Å². The molecule has 22 heavy (non-hydrogen) atoms. The lowest BCUT2D eigenvalue weighted by molar-refractivity contribution is -0.765. The molecule has 0 radical (unpaired) electrons. The zero-order chi connectivity index (χ0) is 15.9. The quantitative estimate of drug-likeness (QED) is 0.434. The molecule has 0 bridgehead atoms. The van der Waals surface area contributed by atoms with E-state index >= 15 is 0 Å². The summed E-state index contributed by atoms with van der Waals surface area (Å²) < 4.78 is 3.50. The summed E-state index contributed by atoms with van der Waals surface area (Å²) in [5, 5.41) is 12.0. The maximum atomic E-state index is 11.7. The van der Waals surface area contributed by atoms with Crippen LogP contribution in [0.15, 0.2) is 23.5 Å². The number of hydrogen-bond acceptors (Lipinski definition) is 4. The van der Waals surface area contributed by atoms with Gasteiger partial charge in [-0.3, -0.25) is 14.5 Å². The Hall–Kier alpha value is -2.29. The number of aliphatic carboxylic acids is 1. The van der Waals surface area contributed by atoms with E-state index in [0.29, 0.717) is 36.5 Å². The van der Waals surface area contributed by atoms with E-state index in [-0.39, 0.29) is 17.0 Å². The van der Waals surface area contributed by atoms with Gasteiger partial charge in [0, 0.05) is 11.3 Å². The molecule has 0 aliphatic carbocycles. The van der Waals surface area contributed by atoms with Crippen LogP contribution in [0.1, 0.15) is 6.42 Å². The third-order valence-electron chi connectivity index (χ3n) is 3.83. The van der Waals surface area contributed by atoms with Gasteiger partial charge in [-0.25, -0.2) is 4.79 Å². The fraction of sp³-hybridized carbons (Fsp3) is 0.385. The van der Waals surface area contributed by atoms with Crippen molar-refractivity contribution in [3.63, 3.8) is 0 Å². The predicted molar refractivity (Wildman–Crippen MR) is 77.7 cm³/mol. The third-order valence-corrected chi connectivity index (χ3v) is 5.11. The number of amides is 2. The molecule has 3 heterocycles. The van der Waals surface area contributed by atoms with Gasteiger partial charge in [0.05, 0.1) is 24.9 Å². The summed E-state index contributed by atoms with van der Waals surface area (Å²) in [5.41, 5.74) is 0.782. The fourth-order valence-corrected chi connectivity index (χ4v) is 3.91. The van der Waals surface area contributed by atoms with Crippen molar-refractivity contribution in [3.8, 4) is 0 Å². The first-order valence-electron chi connectivity index (χ1n) is 6.67. The Morgan fingerprint density at radius 3 is 3.05 bits per heavy atom. The number of carbonyl (C=O) groups excluding carboxylic acids is 2. The number of rotatable bonds is 5. The minimum absolute atomic E-state index is 0.0481. The van der Waals surface area contributed by atoms with Crippen molar-refractivity contribution in [2.45, 2.75) is 18.3 Å². The number of anilines is 1. The number of fused-ring (bicyclic) bond motifs is 1. The molecule has 0 aromatic carbocycles. The van der Waals surface area contributed by atoms with E-state index < -0.39 is 5.97 Å². The monoisotopic (exact) mass is 323 g/mol. The van der Waals surface area contributed by atoms with Gasteiger partial charge in [0.15, 0.2) is 18.6 Å². The molecule has 2 aliphatic rings. The van der Waals surface area contributed by atoms with Crippen LogP contribution < -0.4 is 10.00 Å². The highest BCUT2D eigenvalue weighted by Gasteiger charge is 2.46. The number of β-lactam (4-membered cyclic amide) rings is 1. The first-order valence-corrected chi connectivity index (χ1v) is 7.72. The molecular formula is C13H15N4O4S+. The Morgan fingerprint density at radius 1 is 1.64 bits per heavy atom.